The van der Waals surface area contributed by atoms with Crippen LogP contribution >= 0.6 is 0 Å². The molecule has 0 aromatic heterocycles. The molecule has 0 saturated carbocycles. The largest absolute Gasteiger partial charge is 0.478 e. The van der Waals surface area contributed by atoms with Crippen LogP contribution in [0.2, 0.25) is 0 Å². The summed E-state index contributed by atoms with van der Waals surface area (Å²) in [5.41, 5.74) is 0.0422. The SMILES string of the molecule is C=C(C(=O)O)C1COC(C)(C)O1. The lowest BCUT2D eigenvalue weighted by atomic mass is 10.2. The van der Waals surface area contributed by atoms with Crippen LogP contribution < -0.4 is 0 Å². The van der Waals surface area contributed by atoms with Gasteiger partial charge in [0.15, 0.2) is 5.79 Å². The summed E-state index contributed by atoms with van der Waals surface area (Å²) >= 11 is 0. The maximum Gasteiger partial charge on any atom is 0.333 e. The molecular formula is C8H12O4. The van der Waals surface area contributed by atoms with E-state index in [9.17, 15) is 4.79 Å². The normalized spacial score (nSPS) is 27.0. The number of carboxylic acid groups (broad SMARTS) is 1. The highest BCUT2D eigenvalue weighted by Crippen LogP contribution is 2.25. The quantitative estimate of drug-likeness (QED) is 0.625. The van der Waals surface area contributed by atoms with E-state index in [1.165, 1.54) is 0 Å². The summed E-state index contributed by atoms with van der Waals surface area (Å²) in [6.07, 6.45) is -0.516. The number of ether oxygens (including phenoxy) is 2. The molecule has 1 heterocycles. The van der Waals surface area contributed by atoms with Crippen LogP contribution in [-0.2, 0) is 14.3 Å². The molecule has 68 valence electrons. The molecule has 1 rings (SSSR count). The van der Waals surface area contributed by atoms with E-state index in [0.717, 1.165) is 0 Å². The lowest BCUT2D eigenvalue weighted by Gasteiger charge is -2.16. The first-order valence-corrected chi connectivity index (χ1v) is 3.66. The molecule has 0 bridgehead atoms. The summed E-state index contributed by atoms with van der Waals surface area (Å²) in [5.74, 6) is -1.73. The van der Waals surface area contributed by atoms with Gasteiger partial charge in [0.25, 0.3) is 0 Å². The summed E-state index contributed by atoms with van der Waals surface area (Å²) in [6, 6.07) is 0. The molecule has 0 radical (unpaired) electrons. The molecule has 12 heavy (non-hydrogen) atoms. The van der Waals surface area contributed by atoms with Gasteiger partial charge in [-0.3, -0.25) is 0 Å². The summed E-state index contributed by atoms with van der Waals surface area (Å²) in [6.45, 7) is 7.14. The fraction of sp³-hybridized carbons (Fsp3) is 0.625. The maximum atomic E-state index is 10.5. The van der Waals surface area contributed by atoms with Crippen molar-refractivity contribution in [2.75, 3.05) is 6.61 Å². The van der Waals surface area contributed by atoms with Crippen LogP contribution in [0.5, 0.6) is 0 Å². The molecule has 1 saturated heterocycles. The molecule has 4 nitrogen and oxygen atoms in total. The van der Waals surface area contributed by atoms with Crippen LogP contribution in [0.1, 0.15) is 13.8 Å². The minimum Gasteiger partial charge on any atom is -0.478 e. The first kappa shape index (κ1) is 9.22. The van der Waals surface area contributed by atoms with Gasteiger partial charge in [0.1, 0.15) is 6.10 Å². The van der Waals surface area contributed by atoms with Crippen LogP contribution in [0, 0.1) is 0 Å². The topological polar surface area (TPSA) is 55.8 Å². The van der Waals surface area contributed by atoms with E-state index < -0.39 is 17.9 Å². The molecule has 1 fully saturated rings. The van der Waals surface area contributed by atoms with Crippen molar-refractivity contribution in [1.29, 1.82) is 0 Å². The predicted octanol–water partition coefficient (Wildman–Crippen LogP) is 0.779. The molecule has 1 N–H and O–H groups in total. The molecular weight excluding hydrogens is 160 g/mol. The van der Waals surface area contributed by atoms with Gasteiger partial charge in [-0.2, -0.15) is 0 Å². The zero-order valence-corrected chi connectivity index (χ0v) is 7.16. The van der Waals surface area contributed by atoms with Gasteiger partial charge in [-0.05, 0) is 13.8 Å². The summed E-state index contributed by atoms with van der Waals surface area (Å²) in [4.78, 5) is 10.5. The average Bonchev–Trinajstić information content (AvgIpc) is 2.28. The van der Waals surface area contributed by atoms with Gasteiger partial charge in [-0.25, -0.2) is 4.79 Å². The van der Waals surface area contributed by atoms with Gasteiger partial charge >= 0.3 is 5.97 Å². The molecule has 4 heteroatoms. The molecule has 0 aromatic rings. The zero-order valence-electron chi connectivity index (χ0n) is 7.16. The predicted molar refractivity (Wildman–Crippen MR) is 41.7 cm³/mol. The maximum absolute atomic E-state index is 10.5. The number of carbonyl (C=O) groups is 1. The third-order valence-corrected chi connectivity index (χ3v) is 1.67. The first-order valence-electron chi connectivity index (χ1n) is 3.66. The van der Waals surface area contributed by atoms with Crippen molar-refractivity contribution in [2.45, 2.75) is 25.7 Å². The van der Waals surface area contributed by atoms with Gasteiger partial charge < -0.3 is 14.6 Å². The lowest BCUT2D eigenvalue weighted by Crippen LogP contribution is -2.24. The van der Waals surface area contributed by atoms with E-state index in [4.69, 9.17) is 14.6 Å². The molecule has 1 unspecified atom stereocenters. The Hall–Kier alpha value is -0.870. The Kier molecular flexibility index (Phi) is 2.21. The number of aliphatic carboxylic acids is 1. The van der Waals surface area contributed by atoms with Crippen molar-refractivity contribution in [3.63, 3.8) is 0 Å². The van der Waals surface area contributed by atoms with Crippen LogP contribution in [0.25, 0.3) is 0 Å². The Morgan fingerprint density at radius 1 is 1.67 bits per heavy atom. The third kappa shape index (κ3) is 1.84. The van der Waals surface area contributed by atoms with Crippen molar-refractivity contribution in [3.8, 4) is 0 Å². The van der Waals surface area contributed by atoms with Gasteiger partial charge in [-0.15, -0.1) is 0 Å². The molecule has 1 aliphatic heterocycles. The highest BCUT2D eigenvalue weighted by molar-refractivity contribution is 5.87. The number of carboxylic acids is 1. The van der Waals surface area contributed by atoms with Crippen molar-refractivity contribution in [3.05, 3.63) is 12.2 Å². The number of rotatable bonds is 2. The monoisotopic (exact) mass is 172 g/mol. The Balaban J connectivity index is 2.59. The van der Waals surface area contributed by atoms with Crippen molar-refractivity contribution < 1.29 is 19.4 Å². The Morgan fingerprint density at radius 3 is 2.58 bits per heavy atom. The molecule has 1 aliphatic rings. The first-order chi connectivity index (χ1) is 5.42. The van der Waals surface area contributed by atoms with Crippen LogP contribution in [-0.4, -0.2) is 29.6 Å². The molecule has 0 spiro atoms. The summed E-state index contributed by atoms with van der Waals surface area (Å²) < 4.78 is 10.4. The number of hydrogen-bond donors (Lipinski definition) is 1. The van der Waals surface area contributed by atoms with Gasteiger partial charge in [0, 0.05) is 0 Å². The van der Waals surface area contributed by atoms with Gasteiger partial charge in [0.05, 0.1) is 12.2 Å². The Bertz CT molecular complexity index is 219. The van der Waals surface area contributed by atoms with Gasteiger partial charge in [0.2, 0.25) is 0 Å². The van der Waals surface area contributed by atoms with Crippen molar-refractivity contribution >= 4 is 5.97 Å². The smallest absolute Gasteiger partial charge is 0.333 e. The minimum atomic E-state index is -1.04. The highest BCUT2D eigenvalue weighted by atomic mass is 16.7. The second-order valence-corrected chi connectivity index (χ2v) is 3.15. The fourth-order valence-corrected chi connectivity index (χ4v) is 0.996. The second kappa shape index (κ2) is 2.88. The Morgan fingerprint density at radius 2 is 2.25 bits per heavy atom. The molecule has 0 aromatic carbocycles. The van der Waals surface area contributed by atoms with E-state index in [0.29, 0.717) is 0 Å². The van der Waals surface area contributed by atoms with Crippen molar-refractivity contribution in [2.24, 2.45) is 0 Å². The van der Waals surface area contributed by atoms with E-state index in [1.807, 2.05) is 0 Å². The van der Waals surface area contributed by atoms with E-state index in [2.05, 4.69) is 6.58 Å². The molecule has 0 aliphatic carbocycles. The highest BCUT2D eigenvalue weighted by Gasteiger charge is 2.35. The van der Waals surface area contributed by atoms with E-state index >= 15 is 0 Å². The number of hydrogen-bond acceptors (Lipinski definition) is 3. The average molecular weight is 172 g/mol. The minimum absolute atomic E-state index is 0.0422. The van der Waals surface area contributed by atoms with E-state index in [-0.39, 0.29) is 12.2 Å². The standard InChI is InChI=1S/C8H12O4/c1-5(7(9)10)6-4-11-8(2,3)12-6/h6H,1,4H2,2-3H3,(H,9,10). The second-order valence-electron chi connectivity index (χ2n) is 3.15. The van der Waals surface area contributed by atoms with Crippen LogP contribution in [0.15, 0.2) is 12.2 Å². The summed E-state index contributed by atoms with van der Waals surface area (Å²) in [5, 5.41) is 8.58. The molecule has 1 atom stereocenters. The third-order valence-electron chi connectivity index (χ3n) is 1.67. The Labute approximate surface area is 70.8 Å². The fourth-order valence-electron chi connectivity index (χ4n) is 0.996. The molecule has 0 amide bonds. The van der Waals surface area contributed by atoms with Crippen molar-refractivity contribution in [1.82, 2.24) is 0 Å². The van der Waals surface area contributed by atoms with E-state index in [1.54, 1.807) is 13.8 Å². The summed E-state index contributed by atoms with van der Waals surface area (Å²) in [7, 11) is 0. The van der Waals surface area contributed by atoms with Crippen LogP contribution in [0.3, 0.4) is 0 Å². The zero-order chi connectivity index (χ0) is 9.35. The van der Waals surface area contributed by atoms with Crippen LogP contribution in [0.4, 0.5) is 0 Å². The van der Waals surface area contributed by atoms with Gasteiger partial charge in [-0.1, -0.05) is 6.58 Å². The lowest BCUT2D eigenvalue weighted by molar-refractivity contribution is -0.141.